The zero-order valence-corrected chi connectivity index (χ0v) is 14.7. The number of carbonyl (C=O) groups excluding carboxylic acids is 1. The zero-order chi connectivity index (χ0) is 17.1. The summed E-state index contributed by atoms with van der Waals surface area (Å²) in [5, 5.41) is 2.89. The number of hydrogen-bond donors (Lipinski definition) is 2. The van der Waals surface area contributed by atoms with Crippen molar-refractivity contribution in [3.63, 3.8) is 0 Å². The van der Waals surface area contributed by atoms with Crippen molar-refractivity contribution in [2.24, 2.45) is 0 Å². The van der Waals surface area contributed by atoms with Gasteiger partial charge in [-0.25, -0.2) is 8.42 Å². The van der Waals surface area contributed by atoms with E-state index in [2.05, 4.69) is 5.32 Å². The molecule has 1 heterocycles. The Morgan fingerprint density at radius 3 is 2.52 bits per heavy atom. The van der Waals surface area contributed by atoms with E-state index in [0.717, 1.165) is 16.2 Å². The molecule has 1 aliphatic heterocycles. The summed E-state index contributed by atoms with van der Waals surface area (Å²) in [6.07, 6.45) is 0.485. The second-order valence-electron chi connectivity index (χ2n) is 6.61. The lowest BCUT2D eigenvalue weighted by molar-refractivity contribution is -0.885. The van der Waals surface area contributed by atoms with Gasteiger partial charge < -0.3 is 15.0 Å². The van der Waals surface area contributed by atoms with E-state index in [1.165, 1.54) is 0 Å². The van der Waals surface area contributed by atoms with E-state index in [1.807, 2.05) is 31.3 Å². The molecule has 2 rings (SSSR count). The van der Waals surface area contributed by atoms with Crippen molar-refractivity contribution < 1.29 is 22.8 Å². The minimum Gasteiger partial charge on any atom is -0.497 e. The van der Waals surface area contributed by atoms with Gasteiger partial charge in [-0.05, 0) is 37.6 Å². The number of benzene rings is 1. The molecule has 2 atom stereocenters. The van der Waals surface area contributed by atoms with Gasteiger partial charge in [-0.1, -0.05) is 0 Å². The SMILES string of the molecule is COc1ccc(C[NH+](C)CC(=O)N[C@@]2(C)CCS(=O)(=O)C2)cc1. The van der Waals surface area contributed by atoms with E-state index in [-0.39, 0.29) is 17.4 Å². The molecule has 0 saturated carbocycles. The molecule has 1 aliphatic rings. The quantitative estimate of drug-likeness (QED) is 0.725. The van der Waals surface area contributed by atoms with E-state index < -0.39 is 15.4 Å². The Morgan fingerprint density at radius 1 is 1.35 bits per heavy atom. The number of methoxy groups -OCH3 is 1. The third-order valence-corrected chi connectivity index (χ3v) is 5.97. The van der Waals surface area contributed by atoms with Gasteiger partial charge in [0, 0.05) is 5.56 Å². The first kappa shape index (κ1) is 17.7. The predicted octanol–water partition coefficient (Wildman–Crippen LogP) is -0.597. The molecule has 1 saturated heterocycles. The van der Waals surface area contributed by atoms with Gasteiger partial charge in [0.15, 0.2) is 16.4 Å². The summed E-state index contributed by atoms with van der Waals surface area (Å²) in [6, 6.07) is 7.75. The van der Waals surface area contributed by atoms with Crippen molar-refractivity contribution in [3.05, 3.63) is 29.8 Å². The molecule has 2 N–H and O–H groups in total. The Morgan fingerprint density at radius 2 is 2.00 bits per heavy atom. The van der Waals surface area contributed by atoms with Crippen LogP contribution < -0.4 is 15.0 Å². The Bertz CT molecular complexity index is 657. The number of nitrogens with one attached hydrogen (secondary N) is 2. The van der Waals surface area contributed by atoms with Crippen LogP contribution in [0.4, 0.5) is 0 Å². The number of quaternary nitrogens is 1. The summed E-state index contributed by atoms with van der Waals surface area (Å²) in [4.78, 5) is 13.2. The molecule has 0 spiro atoms. The third kappa shape index (κ3) is 5.21. The molecule has 1 aromatic rings. The first-order valence-electron chi connectivity index (χ1n) is 7.67. The van der Waals surface area contributed by atoms with E-state index in [9.17, 15) is 13.2 Å². The first-order chi connectivity index (χ1) is 10.7. The van der Waals surface area contributed by atoms with Gasteiger partial charge in [0.2, 0.25) is 0 Å². The largest absolute Gasteiger partial charge is 0.497 e. The maximum atomic E-state index is 12.2. The van der Waals surface area contributed by atoms with Crippen LogP contribution in [0.25, 0.3) is 0 Å². The third-order valence-electron chi connectivity index (χ3n) is 4.07. The van der Waals surface area contributed by atoms with E-state index in [0.29, 0.717) is 19.5 Å². The summed E-state index contributed by atoms with van der Waals surface area (Å²) < 4.78 is 28.3. The van der Waals surface area contributed by atoms with Crippen LogP contribution in [0.15, 0.2) is 24.3 Å². The molecular weight excluding hydrogens is 316 g/mol. The summed E-state index contributed by atoms with van der Waals surface area (Å²) in [5.74, 6) is 0.872. The minimum atomic E-state index is -3.02. The smallest absolute Gasteiger partial charge is 0.275 e. The van der Waals surface area contributed by atoms with Crippen LogP contribution in [-0.4, -0.2) is 52.1 Å². The highest BCUT2D eigenvalue weighted by molar-refractivity contribution is 7.91. The van der Waals surface area contributed by atoms with Crippen LogP contribution in [0.5, 0.6) is 5.75 Å². The lowest BCUT2D eigenvalue weighted by Gasteiger charge is -2.24. The summed E-state index contributed by atoms with van der Waals surface area (Å²) in [6.45, 7) is 2.82. The highest BCUT2D eigenvalue weighted by Gasteiger charge is 2.39. The highest BCUT2D eigenvalue weighted by atomic mass is 32.2. The fourth-order valence-corrected chi connectivity index (χ4v) is 5.01. The van der Waals surface area contributed by atoms with Crippen molar-refractivity contribution in [1.82, 2.24) is 5.32 Å². The molecule has 23 heavy (non-hydrogen) atoms. The number of hydrogen-bond acceptors (Lipinski definition) is 4. The molecule has 0 aliphatic carbocycles. The monoisotopic (exact) mass is 341 g/mol. The Balaban J connectivity index is 1.84. The summed E-state index contributed by atoms with van der Waals surface area (Å²) >= 11 is 0. The van der Waals surface area contributed by atoms with E-state index in [4.69, 9.17) is 4.74 Å². The molecular formula is C16H25N2O4S+. The second-order valence-corrected chi connectivity index (χ2v) is 8.79. The molecule has 1 unspecified atom stereocenters. The number of amides is 1. The van der Waals surface area contributed by atoms with Gasteiger partial charge in [-0.3, -0.25) is 4.79 Å². The average molecular weight is 341 g/mol. The van der Waals surface area contributed by atoms with Crippen molar-refractivity contribution in [3.8, 4) is 5.75 Å². The molecule has 7 heteroatoms. The summed E-state index contributed by atoms with van der Waals surface area (Å²) in [5.41, 5.74) is 0.488. The first-order valence-corrected chi connectivity index (χ1v) is 9.49. The fraction of sp³-hybridized carbons (Fsp3) is 0.562. The number of carbonyl (C=O) groups is 1. The lowest BCUT2D eigenvalue weighted by atomic mass is 10.0. The Hall–Kier alpha value is -1.60. The lowest BCUT2D eigenvalue weighted by Crippen LogP contribution is -3.09. The van der Waals surface area contributed by atoms with Crippen LogP contribution in [0.2, 0.25) is 0 Å². The maximum absolute atomic E-state index is 12.2. The van der Waals surface area contributed by atoms with Crippen molar-refractivity contribution in [1.29, 1.82) is 0 Å². The van der Waals surface area contributed by atoms with Gasteiger partial charge >= 0.3 is 0 Å². The molecule has 1 aromatic carbocycles. The van der Waals surface area contributed by atoms with Crippen molar-refractivity contribution >= 4 is 15.7 Å². The van der Waals surface area contributed by atoms with Gasteiger partial charge in [-0.2, -0.15) is 0 Å². The van der Waals surface area contributed by atoms with Crippen LogP contribution in [0.3, 0.4) is 0 Å². The van der Waals surface area contributed by atoms with Gasteiger partial charge in [-0.15, -0.1) is 0 Å². The summed E-state index contributed by atoms with van der Waals surface area (Å²) in [7, 11) is 0.551. The van der Waals surface area contributed by atoms with Crippen LogP contribution in [-0.2, 0) is 21.2 Å². The molecule has 6 nitrogen and oxygen atoms in total. The normalized spacial score (nSPS) is 24.1. The predicted molar refractivity (Wildman–Crippen MR) is 88.3 cm³/mol. The zero-order valence-electron chi connectivity index (χ0n) is 13.9. The second kappa shape index (κ2) is 6.88. The molecule has 128 valence electrons. The average Bonchev–Trinajstić information content (AvgIpc) is 2.72. The molecule has 0 radical (unpaired) electrons. The van der Waals surface area contributed by atoms with Crippen LogP contribution in [0.1, 0.15) is 18.9 Å². The Kier molecular flexibility index (Phi) is 5.31. The Labute approximate surface area is 137 Å². The maximum Gasteiger partial charge on any atom is 0.275 e. The minimum absolute atomic E-state index is 0.0310. The van der Waals surface area contributed by atoms with Gasteiger partial charge in [0.1, 0.15) is 12.3 Å². The number of ether oxygens (including phenoxy) is 1. The van der Waals surface area contributed by atoms with Gasteiger partial charge in [0.25, 0.3) is 5.91 Å². The molecule has 0 bridgehead atoms. The van der Waals surface area contributed by atoms with E-state index in [1.54, 1.807) is 14.0 Å². The number of rotatable bonds is 6. The van der Waals surface area contributed by atoms with Crippen molar-refractivity contribution in [2.75, 3.05) is 32.2 Å². The number of likely N-dealkylation sites (N-methyl/N-ethyl adjacent to an activating group) is 1. The molecule has 1 fully saturated rings. The topological polar surface area (TPSA) is 76.9 Å². The van der Waals surface area contributed by atoms with Crippen LogP contribution >= 0.6 is 0 Å². The fourth-order valence-electron chi connectivity index (χ4n) is 2.92. The molecule has 1 amide bonds. The highest BCUT2D eigenvalue weighted by Crippen LogP contribution is 2.22. The number of sulfone groups is 1. The van der Waals surface area contributed by atoms with E-state index >= 15 is 0 Å². The van der Waals surface area contributed by atoms with Gasteiger partial charge in [0.05, 0.1) is 31.2 Å². The standard InChI is InChI=1S/C16H24N2O4S/c1-16(8-9-23(20,21)12-16)17-15(19)11-18(2)10-13-4-6-14(22-3)7-5-13/h4-7H,8-12H2,1-3H3,(H,17,19)/p+1/t16-/m0/s1. The van der Waals surface area contributed by atoms with Crippen LogP contribution in [0, 0.1) is 0 Å². The molecule has 0 aromatic heterocycles. The van der Waals surface area contributed by atoms with Crippen molar-refractivity contribution in [2.45, 2.75) is 25.4 Å².